The number of nitrogens with two attached hydrogens (primary N) is 1. The van der Waals surface area contributed by atoms with Crippen LogP contribution in [0.4, 0.5) is 0 Å². The van der Waals surface area contributed by atoms with Gasteiger partial charge in [0.15, 0.2) is 0 Å². The third kappa shape index (κ3) is 4.56. The third-order valence-corrected chi connectivity index (χ3v) is 3.13. The van der Waals surface area contributed by atoms with E-state index in [4.69, 9.17) is 10.5 Å². The summed E-state index contributed by atoms with van der Waals surface area (Å²) in [6.45, 7) is 6.41. The van der Waals surface area contributed by atoms with E-state index in [0.29, 0.717) is 13.0 Å². The van der Waals surface area contributed by atoms with E-state index in [1.54, 1.807) is 7.11 Å². The van der Waals surface area contributed by atoms with E-state index >= 15 is 0 Å². The molecule has 0 radical (unpaired) electrons. The van der Waals surface area contributed by atoms with Crippen molar-refractivity contribution in [2.24, 2.45) is 5.73 Å². The van der Waals surface area contributed by atoms with Crippen LogP contribution in [0, 0.1) is 13.8 Å². The van der Waals surface area contributed by atoms with Gasteiger partial charge in [0.1, 0.15) is 5.75 Å². The molecule has 106 valence electrons. The molecule has 0 heterocycles. The molecule has 3 N–H and O–H groups in total. The summed E-state index contributed by atoms with van der Waals surface area (Å²) in [6, 6.07) is 4.18. The van der Waals surface area contributed by atoms with Crippen molar-refractivity contribution >= 4 is 5.91 Å². The maximum Gasteiger partial charge on any atom is 0.220 e. The zero-order valence-corrected chi connectivity index (χ0v) is 12.2. The zero-order chi connectivity index (χ0) is 14.4. The van der Waals surface area contributed by atoms with E-state index in [1.165, 1.54) is 0 Å². The molecule has 0 aromatic heterocycles. The molecule has 0 saturated heterocycles. The standard InChI is InChI=1S/C15H24N2O2/c1-10-7-13(8-11(2)15(10)19-4)5-6-14(18)17-12(3)9-16/h7-8,12H,5-6,9,16H2,1-4H3,(H,17,18). The van der Waals surface area contributed by atoms with Crippen LogP contribution in [0.2, 0.25) is 0 Å². The van der Waals surface area contributed by atoms with Gasteiger partial charge in [-0.1, -0.05) is 12.1 Å². The Morgan fingerprint density at radius 3 is 2.42 bits per heavy atom. The smallest absolute Gasteiger partial charge is 0.220 e. The SMILES string of the molecule is COc1c(C)cc(CCC(=O)NC(C)CN)cc1C. The van der Waals surface area contributed by atoms with Gasteiger partial charge in [0.2, 0.25) is 5.91 Å². The van der Waals surface area contributed by atoms with Crippen LogP contribution >= 0.6 is 0 Å². The first-order chi connectivity index (χ1) is 8.97. The van der Waals surface area contributed by atoms with E-state index in [2.05, 4.69) is 17.4 Å². The highest BCUT2D eigenvalue weighted by Crippen LogP contribution is 2.24. The highest BCUT2D eigenvalue weighted by molar-refractivity contribution is 5.76. The van der Waals surface area contributed by atoms with E-state index in [9.17, 15) is 4.79 Å². The third-order valence-electron chi connectivity index (χ3n) is 3.13. The maximum atomic E-state index is 11.7. The average Bonchev–Trinajstić information content (AvgIpc) is 2.36. The molecule has 19 heavy (non-hydrogen) atoms. The Morgan fingerprint density at radius 1 is 1.37 bits per heavy atom. The number of aryl methyl sites for hydroxylation is 3. The fourth-order valence-electron chi connectivity index (χ4n) is 2.17. The Labute approximate surface area is 115 Å². The molecule has 1 rings (SSSR count). The van der Waals surface area contributed by atoms with Crippen LogP contribution in [0.1, 0.15) is 30.0 Å². The first kappa shape index (κ1) is 15.5. The minimum atomic E-state index is 0.0341. The summed E-state index contributed by atoms with van der Waals surface area (Å²) in [5.41, 5.74) is 8.84. The molecule has 0 aliphatic rings. The van der Waals surface area contributed by atoms with Crippen LogP contribution in [0.25, 0.3) is 0 Å². The van der Waals surface area contributed by atoms with E-state index < -0.39 is 0 Å². The highest BCUT2D eigenvalue weighted by Gasteiger charge is 2.08. The number of nitrogens with one attached hydrogen (secondary N) is 1. The van der Waals surface area contributed by atoms with E-state index in [0.717, 1.165) is 28.9 Å². The first-order valence-corrected chi connectivity index (χ1v) is 6.61. The van der Waals surface area contributed by atoms with Crippen LogP contribution in [0.5, 0.6) is 5.75 Å². The predicted molar refractivity (Wildman–Crippen MR) is 77.4 cm³/mol. The lowest BCUT2D eigenvalue weighted by molar-refractivity contribution is -0.121. The molecular formula is C15H24N2O2. The Bertz CT molecular complexity index is 421. The van der Waals surface area contributed by atoms with Gasteiger partial charge in [0.05, 0.1) is 7.11 Å². The van der Waals surface area contributed by atoms with E-state index in [1.807, 2.05) is 20.8 Å². The van der Waals surface area contributed by atoms with Crippen molar-refractivity contribution in [1.82, 2.24) is 5.32 Å². The van der Waals surface area contributed by atoms with Crippen LogP contribution in [0.3, 0.4) is 0 Å². The maximum absolute atomic E-state index is 11.7. The lowest BCUT2D eigenvalue weighted by Crippen LogP contribution is -2.37. The molecule has 0 fully saturated rings. The molecule has 4 nitrogen and oxygen atoms in total. The van der Waals surface area contributed by atoms with Crippen LogP contribution in [-0.2, 0) is 11.2 Å². The minimum Gasteiger partial charge on any atom is -0.496 e. The normalized spacial score (nSPS) is 12.1. The van der Waals surface area contributed by atoms with Gasteiger partial charge in [-0.25, -0.2) is 0 Å². The van der Waals surface area contributed by atoms with Crippen LogP contribution < -0.4 is 15.8 Å². The number of carbonyl (C=O) groups is 1. The number of hydrogen-bond donors (Lipinski definition) is 2. The van der Waals surface area contributed by atoms with Crippen molar-refractivity contribution < 1.29 is 9.53 Å². The monoisotopic (exact) mass is 264 g/mol. The summed E-state index contributed by atoms with van der Waals surface area (Å²) >= 11 is 0. The van der Waals surface area contributed by atoms with Crippen molar-refractivity contribution in [3.8, 4) is 5.75 Å². The molecule has 1 aromatic rings. The number of rotatable bonds is 6. The van der Waals surface area contributed by atoms with Gasteiger partial charge in [-0.05, 0) is 43.9 Å². The van der Waals surface area contributed by atoms with Crippen molar-refractivity contribution in [3.05, 3.63) is 28.8 Å². The van der Waals surface area contributed by atoms with Gasteiger partial charge in [0, 0.05) is 19.0 Å². The molecule has 0 spiro atoms. The number of ether oxygens (including phenoxy) is 1. The van der Waals surface area contributed by atoms with Gasteiger partial charge in [0.25, 0.3) is 0 Å². The fourth-order valence-corrected chi connectivity index (χ4v) is 2.17. The second-order valence-electron chi connectivity index (χ2n) is 4.97. The van der Waals surface area contributed by atoms with Crippen molar-refractivity contribution in [2.75, 3.05) is 13.7 Å². The first-order valence-electron chi connectivity index (χ1n) is 6.61. The summed E-state index contributed by atoms with van der Waals surface area (Å²) in [4.78, 5) is 11.7. The molecule has 1 atom stereocenters. The quantitative estimate of drug-likeness (QED) is 0.822. The molecular weight excluding hydrogens is 240 g/mol. The van der Waals surface area contributed by atoms with Crippen LogP contribution in [0.15, 0.2) is 12.1 Å². The summed E-state index contributed by atoms with van der Waals surface area (Å²) < 4.78 is 5.33. The van der Waals surface area contributed by atoms with Gasteiger partial charge in [-0.3, -0.25) is 4.79 Å². The largest absolute Gasteiger partial charge is 0.496 e. The molecule has 4 heteroatoms. The number of methoxy groups -OCH3 is 1. The molecule has 0 aliphatic carbocycles. The zero-order valence-electron chi connectivity index (χ0n) is 12.2. The summed E-state index contributed by atoms with van der Waals surface area (Å²) in [7, 11) is 1.68. The molecule has 0 saturated carbocycles. The predicted octanol–water partition coefficient (Wildman–Crippen LogP) is 1.71. The highest BCUT2D eigenvalue weighted by atomic mass is 16.5. The molecule has 1 unspecified atom stereocenters. The van der Waals surface area contributed by atoms with Crippen molar-refractivity contribution in [2.45, 2.75) is 39.7 Å². The summed E-state index contributed by atoms with van der Waals surface area (Å²) in [5, 5.41) is 2.86. The van der Waals surface area contributed by atoms with Crippen molar-refractivity contribution in [3.63, 3.8) is 0 Å². The second kappa shape index (κ2) is 7.14. The Balaban J connectivity index is 2.61. The number of carbonyl (C=O) groups excluding carboxylic acids is 1. The van der Waals surface area contributed by atoms with Gasteiger partial charge in [-0.15, -0.1) is 0 Å². The number of benzene rings is 1. The van der Waals surface area contributed by atoms with Gasteiger partial charge < -0.3 is 15.8 Å². The lowest BCUT2D eigenvalue weighted by Gasteiger charge is -2.13. The lowest BCUT2D eigenvalue weighted by atomic mass is 10.0. The summed E-state index contributed by atoms with van der Waals surface area (Å²) in [6.07, 6.45) is 1.21. The Kier molecular flexibility index (Phi) is 5.83. The number of amides is 1. The average molecular weight is 264 g/mol. The Morgan fingerprint density at radius 2 is 1.95 bits per heavy atom. The van der Waals surface area contributed by atoms with Gasteiger partial charge >= 0.3 is 0 Å². The molecule has 0 aliphatic heterocycles. The molecule has 1 amide bonds. The molecule has 1 aromatic carbocycles. The van der Waals surface area contributed by atoms with Gasteiger partial charge in [-0.2, -0.15) is 0 Å². The topological polar surface area (TPSA) is 64.3 Å². The summed E-state index contributed by atoms with van der Waals surface area (Å²) in [5.74, 6) is 0.967. The minimum absolute atomic E-state index is 0.0341. The Hall–Kier alpha value is -1.55. The van der Waals surface area contributed by atoms with E-state index in [-0.39, 0.29) is 11.9 Å². The number of hydrogen-bond acceptors (Lipinski definition) is 3. The fraction of sp³-hybridized carbons (Fsp3) is 0.533. The molecule has 0 bridgehead atoms. The van der Waals surface area contributed by atoms with Crippen LogP contribution in [-0.4, -0.2) is 25.6 Å². The second-order valence-corrected chi connectivity index (χ2v) is 4.97. The van der Waals surface area contributed by atoms with Crippen molar-refractivity contribution in [1.29, 1.82) is 0 Å².